The van der Waals surface area contributed by atoms with Crippen molar-refractivity contribution in [3.05, 3.63) is 35.9 Å². The van der Waals surface area contributed by atoms with Crippen molar-refractivity contribution in [1.82, 2.24) is 5.32 Å². The SMILES string of the molecule is CC(C)[C@H](NC(=O)OC(C)(C)C)C(=O)C[C@@H](CC(=O)OC(C)(C)C)C(=O)OCc1ccccc1. The third kappa shape index (κ3) is 11.8. The van der Waals surface area contributed by atoms with Crippen LogP contribution in [0, 0.1) is 11.8 Å². The van der Waals surface area contributed by atoms with Crippen LogP contribution in [0.4, 0.5) is 4.79 Å². The summed E-state index contributed by atoms with van der Waals surface area (Å²) in [6.45, 7) is 13.9. The number of carbonyl (C=O) groups excluding carboxylic acids is 4. The number of hydrogen-bond acceptors (Lipinski definition) is 7. The van der Waals surface area contributed by atoms with Crippen LogP contribution in [0.1, 0.15) is 73.8 Å². The van der Waals surface area contributed by atoms with Gasteiger partial charge in [0.15, 0.2) is 5.78 Å². The Morgan fingerprint density at radius 2 is 1.41 bits per heavy atom. The summed E-state index contributed by atoms with van der Waals surface area (Å²) in [5, 5.41) is 2.59. The van der Waals surface area contributed by atoms with Gasteiger partial charge < -0.3 is 19.5 Å². The van der Waals surface area contributed by atoms with Gasteiger partial charge in [0.25, 0.3) is 0 Å². The first-order valence-corrected chi connectivity index (χ1v) is 11.5. The number of carbonyl (C=O) groups is 4. The number of Topliss-reactive ketones (excluding diaryl/α,β-unsaturated/α-hetero) is 1. The summed E-state index contributed by atoms with van der Waals surface area (Å²) in [6.07, 6.45) is -1.32. The highest BCUT2D eigenvalue weighted by Gasteiger charge is 2.33. The second kappa shape index (κ2) is 12.5. The third-order valence-electron chi connectivity index (χ3n) is 4.52. The van der Waals surface area contributed by atoms with Gasteiger partial charge in [-0.15, -0.1) is 0 Å². The topological polar surface area (TPSA) is 108 Å². The summed E-state index contributed by atoms with van der Waals surface area (Å²) >= 11 is 0. The number of ether oxygens (including phenoxy) is 3. The van der Waals surface area contributed by atoms with Gasteiger partial charge in [-0.1, -0.05) is 44.2 Å². The molecule has 0 aromatic heterocycles. The molecular formula is C26H39NO7. The molecule has 0 aliphatic rings. The minimum Gasteiger partial charge on any atom is -0.461 e. The average Bonchev–Trinajstić information content (AvgIpc) is 2.67. The molecule has 0 spiro atoms. The molecule has 1 N–H and O–H groups in total. The summed E-state index contributed by atoms with van der Waals surface area (Å²) in [4.78, 5) is 50.6. The molecule has 0 unspecified atom stereocenters. The minimum atomic E-state index is -1.05. The molecule has 1 amide bonds. The monoisotopic (exact) mass is 477 g/mol. The molecule has 0 saturated heterocycles. The molecule has 0 saturated carbocycles. The van der Waals surface area contributed by atoms with Crippen LogP contribution in [0.15, 0.2) is 30.3 Å². The van der Waals surface area contributed by atoms with Gasteiger partial charge in [0, 0.05) is 6.42 Å². The van der Waals surface area contributed by atoms with Crippen molar-refractivity contribution >= 4 is 23.8 Å². The van der Waals surface area contributed by atoms with Crippen LogP contribution in [0.5, 0.6) is 0 Å². The maximum absolute atomic E-state index is 13.1. The molecule has 0 heterocycles. The van der Waals surface area contributed by atoms with E-state index in [0.717, 1.165) is 5.56 Å². The Labute approximate surface area is 202 Å². The lowest BCUT2D eigenvalue weighted by molar-refractivity contribution is -0.162. The van der Waals surface area contributed by atoms with E-state index in [1.165, 1.54) is 0 Å². The quantitative estimate of drug-likeness (QED) is 0.388. The maximum Gasteiger partial charge on any atom is 0.408 e. The van der Waals surface area contributed by atoms with Crippen molar-refractivity contribution in [1.29, 1.82) is 0 Å². The fourth-order valence-corrected chi connectivity index (χ4v) is 3.09. The van der Waals surface area contributed by atoms with Crippen molar-refractivity contribution in [2.75, 3.05) is 0 Å². The Bertz CT molecular complexity index is 835. The lowest BCUT2D eigenvalue weighted by Gasteiger charge is -2.26. The van der Waals surface area contributed by atoms with Crippen LogP contribution in [0.25, 0.3) is 0 Å². The second-order valence-corrected chi connectivity index (χ2v) is 10.6. The molecule has 0 aliphatic carbocycles. The van der Waals surface area contributed by atoms with E-state index < -0.39 is 47.0 Å². The highest BCUT2D eigenvalue weighted by Crippen LogP contribution is 2.20. The summed E-state index contributed by atoms with van der Waals surface area (Å²) < 4.78 is 16.0. The fourth-order valence-electron chi connectivity index (χ4n) is 3.09. The van der Waals surface area contributed by atoms with Crippen LogP contribution in [-0.2, 0) is 35.2 Å². The molecule has 34 heavy (non-hydrogen) atoms. The first-order chi connectivity index (χ1) is 15.6. The van der Waals surface area contributed by atoms with Crippen molar-refractivity contribution in [2.24, 2.45) is 11.8 Å². The van der Waals surface area contributed by atoms with E-state index in [9.17, 15) is 19.2 Å². The van der Waals surface area contributed by atoms with Gasteiger partial charge in [-0.05, 0) is 53.0 Å². The molecule has 0 fully saturated rings. The predicted octanol–water partition coefficient (Wildman–Crippen LogP) is 4.59. The molecular weight excluding hydrogens is 438 g/mol. The molecule has 1 aromatic carbocycles. The summed E-state index contributed by atoms with van der Waals surface area (Å²) in [6, 6.07) is 8.21. The van der Waals surface area contributed by atoms with Crippen molar-refractivity contribution in [2.45, 2.75) is 92.1 Å². The van der Waals surface area contributed by atoms with Crippen LogP contribution in [-0.4, -0.2) is 41.1 Å². The Balaban J connectivity index is 2.97. The first-order valence-electron chi connectivity index (χ1n) is 11.5. The number of esters is 2. The Kier molecular flexibility index (Phi) is 10.7. The van der Waals surface area contributed by atoms with Crippen LogP contribution in [0.3, 0.4) is 0 Å². The predicted molar refractivity (Wildman–Crippen MR) is 128 cm³/mol. The molecule has 190 valence electrons. The molecule has 8 nitrogen and oxygen atoms in total. The van der Waals surface area contributed by atoms with E-state index in [4.69, 9.17) is 14.2 Å². The maximum atomic E-state index is 13.1. The Hall–Kier alpha value is -2.90. The van der Waals surface area contributed by atoms with Gasteiger partial charge in [-0.25, -0.2) is 4.79 Å². The summed E-state index contributed by atoms with van der Waals surface area (Å²) in [5.41, 5.74) is -0.683. The van der Waals surface area contributed by atoms with Crippen LogP contribution in [0.2, 0.25) is 0 Å². The smallest absolute Gasteiger partial charge is 0.408 e. The fraction of sp³-hybridized carbons (Fsp3) is 0.615. The van der Waals surface area contributed by atoms with E-state index in [0.29, 0.717) is 0 Å². The molecule has 8 heteroatoms. The Morgan fingerprint density at radius 3 is 1.91 bits per heavy atom. The molecule has 1 rings (SSSR count). The normalized spacial score (nSPS) is 13.6. The highest BCUT2D eigenvalue weighted by atomic mass is 16.6. The number of alkyl carbamates (subject to hydrolysis) is 1. The molecule has 2 atom stereocenters. The molecule has 1 aromatic rings. The number of amides is 1. The zero-order valence-electron chi connectivity index (χ0n) is 21.6. The van der Waals surface area contributed by atoms with E-state index in [1.54, 1.807) is 67.5 Å². The minimum absolute atomic E-state index is 0.0163. The van der Waals surface area contributed by atoms with Gasteiger partial charge in [-0.2, -0.15) is 0 Å². The highest BCUT2D eigenvalue weighted by molar-refractivity contribution is 5.92. The molecule has 0 bridgehead atoms. The number of nitrogens with one attached hydrogen (secondary N) is 1. The largest absolute Gasteiger partial charge is 0.461 e. The number of ketones is 1. The van der Waals surface area contributed by atoms with Gasteiger partial charge in [0.2, 0.25) is 0 Å². The van der Waals surface area contributed by atoms with Crippen molar-refractivity contribution < 1.29 is 33.4 Å². The van der Waals surface area contributed by atoms with E-state index >= 15 is 0 Å². The van der Waals surface area contributed by atoms with Gasteiger partial charge in [0.1, 0.15) is 17.8 Å². The molecule has 0 radical (unpaired) electrons. The van der Waals surface area contributed by atoms with E-state index in [-0.39, 0.29) is 25.4 Å². The lowest BCUT2D eigenvalue weighted by atomic mass is 9.91. The van der Waals surface area contributed by atoms with E-state index in [1.807, 2.05) is 18.2 Å². The Morgan fingerprint density at radius 1 is 0.853 bits per heavy atom. The summed E-state index contributed by atoms with van der Waals surface area (Å²) in [5.74, 6) is -2.99. The first kappa shape index (κ1) is 29.1. The molecule has 0 aliphatic heterocycles. The third-order valence-corrected chi connectivity index (χ3v) is 4.52. The zero-order valence-corrected chi connectivity index (χ0v) is 21.6. The zero-order chi connectivity index (χ0) is 26.1. The van der Waals surface area contributed by atoms with E-state index in [2.05, 4.69) is 5.32 Å². The van der Waals surface area contributed by atoms with Crippen LogP contribution >= 0.6 is 0 Å². The number of hydrogen-bond donors (Lipinski definition) is 1. The summed E-state index contributed by atoms with van der Waals surface area (Å²) in [7, 11) is 0. The van der Waals surface area contributed by atoms with Crippen molar-refractivity contribution in [3.63, 3.8) is 0 Å². The standard InChI is InChI=1S/C26H39NO7/c1-17(2)22(27-24(31)34-26(6,7)8)20(28)14-19(15-21(29)33-25(3,4)5)23(30)32-16-18-12-10-9-11-13-18/h9-13,17,19,22H,14-16H2,1-8H3,(H,27,31)/t19-,22-/m0/s1. The number of rotatable bonds is 10. The number of benzene rings is 1. The van der Waals surface area contributed by atoms with Crippen LogP contribution < -0.4 is 5.32 Å². The van der Waals surface area contributed by atoms with Gasteiger partial charge in [0.05, 0.1) is 18.4 Å². The lowest BCUT2D eigenvalue weighted by Crippen LogP contribution is -2.47. The second-order valence-electron chi connectivity index (χ2n) is 10.6. The average molecular weight is 478 g/mol. The van der Waals surface area contributed by atoms with Gasteiger partial charge >= 0.3 is 18.0 Å². The van der Waals surface area contributed by atoms with Gasteiger partial charge in [-0.3, -0.25) is 14.4 Å². The van der Waals surface area contributed by atoms with Crippen molar-refractivity contribution in [3.8, 4) is 0 Å².